The second-order valence-electron chi connectivity index (χ2n) is 17.2. The average molecular weight is 840 g/mol. The second kappa shape index (κ2) is 15.5. The summed E-state index contributed by atoms with van der Waals surface area (Å²) in [6.45, 7) is 0. The van der Waals surface area contributed by atoms with Crippen LogP contribution in [0, 0.1) is 0 Å². The summed E-state index contributed by atoms with van der Waals surface area (Å²) in [4.78, 5) is 2.41. The van der Waals surface area contributed by atoms with Gasteiger partial charge in [0, 0.05) is 33.1 Å². The molecular formula is C64H41NO. The van der Waals surface area contributed by atoms with E-state index >= 15 is 0 Å². The van der Waals surface area contributed by atoms with Gasteiger partial charge >= 0.3 is 0 Å². The van der Waals surface area contributed by atoms with Crippen molar-refractivity contribution in [3.8, 4) is 44.5 Å². The van der Waals surface area contributed by atoms with Crippen LogP contribution in [0.4, 0.5) is 17.1 Å². The predicted octanol–water partition coefficient (Wildman–Crippen LogP) is 18.3. The quantitative estimate of drug-likeness (QED) is 0.149. The number of hydrogen-bond donors (Lipinski definition) is 0. The Labute approximate surface area is 382 Å². The molecule has 2 nitrogen and oxygen atoms in total. The van der Waals surface area contributed by atoms with Crippen molar-refractivity contribution in [3.63, 3.8) is 0 Å². The van der Waals surface area contributed by atoms with Gasteiger partial charge in [0.2, 0.25) is 0 Å². The van der Waals surface area contributed by atoms with Gasteiger partial charge in [-0.1, -0.05) is 200 Å². The minimum atomic E-state index is 0.880. The van der Waals surface area contributed by atoms with Crippen LogP contribution >= 0.6 is 0 Å². The molecule has 0 atom stereocenters. The smallest absolute Gasteiger partial charge is 0.143 e. The highest BCUT2D eigenvalue weighted by molar-refractivity contribution is 6.23. The summed E-state index contributed by atoms with van der Waals surface area (Å²) >= 11 is 0. The molecule has 0 bridgehead atoms. The Kier molecular flexibility index (Phi) is 8.89. The van der Waals surface area contributed by atoms with Crippen LogP contribution in [0.25, 0.3) is 110 Å². The number of anilines is 3. The zero-order valence-electron chi connectivity index (χ0n) is 36.0. The number of hydrogen-bond acceptors (Lipinski definition) is 2. The zero-order chi connectivity index (χ0) is 43.6. The van der Waals surface area contributed by atoms with E-state index in [1.807, 2.05) is 0 Å². The Bertz CT molecular complexity index is 3980. The molecule has 0 aliphatic carbocycles. The third kappa shape index (κ3) is 6.18. The minimum Gasteiger partial charge on any atom is -0.455 e. The summed E-state index contributed by atoms with van der Waals surface area (Å²) in [5.41, 5.74) is 14.6. The van der Waals surface area contributed by atoms with Gasteiger partial charge in [0.05, 0.1) is 5.69 Å². The molecule has 0 saturated heterocycles. The molecule has 0 N–H and O–H groups in total. The highest BCUT2D eigenvalue weighted by Gasteiger charge is 2.22. The van der Waals surface area contributed by atoms with E-state index in [-0.39, 0.29) is 0 Å². The molecule has 0 amide bonds. The van der Waals surface area contributed by atoms with Crippen LogP contribution in [0.15, 0.2) is 253 Å². The van der Waals surface area contributed by atoms with Gasteiger partial charge in [0.25, 0.3) is 0 Å². The number of fused-ring (bicyclic) bond motifs is 9. The average Bonchev–Trinajstić information content (AvgIpc) is 3.79. The summed E-state index contributed by atoms with van der Waals surface area (Å²) < 4.78 is 6.70. The first-order valence-electron chi connectivity index (χ1n) is 22.7. The number of nitrogens with zero attached hydrogens (tertiary/aromatic N) is 1. The summed E-state index contributed by atoms with van der Waals surface area (Å²) in [6, 6.07) is 90.3. The lowest BCUT2D eigenvalue weighted by Gasteiger charge is -2.28. The van der Waals surface area contributed by atoms with Gasteiger partial charge in [-0.15, -0.1) is 0 Å². The van der Waals surface area contributed by atoms with Crippen molar-refractivity contribution in [2.45, 2.75) is 0 Å². The van der Waals surface area contributed by atoms with Crippen LogP contribution in [0.1, 0.15) is 0 Å². The molecule has 0 spiro atoms. The second-order valence-corrected chi connectivity index (χ2v) is 17.2. The Morgan fingerprint density at radius 1 is 0.288 bits per heavy atom. The van der Waals surface area contributed by atoms with E-state index in [2.05, 4.69) is 254 Å². The fraction of sp³-hybridized carbons (Fsp3) is 0. The standard InChI is InChI=1S/C64H41NO/c1-3-18-45(19-4-1)61-55-26-12-11-24-52(55)53-38-34-48(41-58(53)62(61)46-20-5-2-6-21-46)43-30-35-49(36-31-43)65(50-37-32-42-16-7-8-22-47(42)40-50)59-28-14-13-25-54(59)56-27-15-29-60-63(56)57-39-33-44-17-9-10-23-51(44)64(57)66-60/h1-41H. The maximum atomic E-state index is 6.70. The maximum Gasteiger partial charge on any atom is 0.143 e. The fourth-order valence-electron chi connectivity index (χ4n) is 10.4. The van der Waals surface area contributed by atoms with Crippen LogP contribution in [0.5, 0.6) is 0 Å². The van der Waals surface area contributed by atoms with E-state index in [0.29, 0.717) is 0 Å². The highest BCUT2D eigenvalue weighted by Crippen LogP contribution is 2.48. The van der Waals surface area contributed by atoms with Gasteiger partial charge < -0.3 is 9.32 Å². The molecular weight excluding hydrogens is 799 g/mol. The summed E-state index contributed by atoms with van der Waals surface area (Å²) in [6.07, 6.45) is 0. The van der Waals surface area contributed by atoms with Gasteiger partial charge in [-0.3, -0.25) is 0 Å². The number of furan rings is 1. The fourth-order valence-corrected chi connectivity index (χ4v) is 10.4. The van der Waals surface area contributed by atoms with Crippen molar-refractivity contribution in [1.82, 2.24) is 0 Å². The lowest BCUT2D eigenvalue weighted by molar-refractivity contribution is 0.673. The third-order valence-corrected chi connectivity index (χ3v) is 13.4. The van der Waals surface area contributed by atoms with Gasteiger partial charge in [-0.25, -0.2) is 0 Å². The summed E-state index contributed by atoms with van der Waals surface area (Å²) in [5.74, 6) is 0. The molecule has 1 aromatic heterocycles. The maximum absolute atomic E-state index is 6.70. The van der Waals surface area contributed by atoms with Crippen LogP contribution in [-0.2, 0) is 0 Å². The zero-order valence-corrected chi connectivity index (χ0v) is 36.0. The number of benzene rings is 12. The topological polar surface area (TPSA) is 16.4 Å². The van der Waals surface area contributed by atoms with E-state index in [1.165, 1.54) is 65.5 Å². The Balaban J connectivity index is 0.991. The predicted molar refractivity (Wildman–Crippen MR) is 280 cm³/mol. The van der Waals surface area contributed by atoms with Crippen molar-refractivity contribution >= 4 is 82.1 Å². The lowest BCUT2D eigenvalue weighted by atomic mass is 9.84. The van der Waals surface area contributed by atoms with Crippen molar-refractivity contribution in [2.24, 2.45) is 0 Å². The van der Waals surface area contributed by atoms with Gasteiger partial charge in [-0.05, 0) is 125 Å². The number of para-hydroxylation sites is 1. The van der Waals surface area contributed by atoms with Gasteiger partial charge in [0.15, 0.2) is 0 Å². The summed E-state index contributed by atoms with van der Waals surface area (Å²) in [5, 5.41) is 11.9. The first-order chi connectivity index (χ1) is 32.7. The van der Waals surface area contributed by atoms with Gasteiger partial charge in [-0.2, -0.15) is 0 Å². The molecule has 0 aliphatic heterocycles. The Hall–Kier alpha value is -8.72. The Morgan fingerprint density at radius 2 is 0.848 bits per heavy atom. The van der Waals surface area contributed by atoms with E-state index in [9.17, 15) is 0 Å². The van der Waals surface area contributed by atoms with E-state index in [0.717, 1.165) is 61.1 Å². The molecule has 0 unspecified atom stereocenters. The van der Waals surface area contributed by atoms with Crippen LogP contribution in [-0.4, -0.2) is 0 Å². The molecule has 1 heterocycles. The van der Waals surface area contributed by atoms with E-state index in [4.69, 9.17) is 4.42 Å². The van der Waals surface area contributed by atoms with Crippen molar-refractivity contribution < 1.29 is 4.42 Å². The molecule has 0 saturated carbocycles. The van der Waals surface area contributed by atoms with Gasteiger partial charge in [0.1, 0.15) is 11.2 Å². The first kappa shape index (κ1) is 37.8. The molecule has 13 aromatic rings. The van der Waals surface area contributed by atoms with E-state index in [1.54, 1.807) is 0 Å². The molecule has 12 aromatic carbocycles. The van der Waals surface area contributed by atoms with Crippen LogP contribution in [0.2, 0.25) is 0 Å². The van der Waals surface area contributed by atoms with Crippen LogP contribution in [0.3, 0.4) is 0 Å². The van der Waals surface area contributed by atoms with Crippen molar-refractivity contribution in [3.05, 3.63) is 249 Å². The van der Waals surface area contributed by atoms with Crippen molar-refractivity contribution in [2.75, 3.05) is 4.90 Å². The minimum absolute atomic E-state index is 0.880. The molecule has 0 radical (unpaired) electrons. The molecule has 13 rings (SSSR count). The Morgan fingerprint density at radius 3 is 1.64 bits per heavy atom. The third-order valence-electron chi connectivity index (χ3n) is 13.4. The SMILES string of the molecule is c1ccc(-c2c(-c3ccccc3)c3cc(-c4ccc(N(c5ccc6ccccc6c5)c5ccccc5-c5cccc6oc7c8ccccc8ccc7c56)cc4)ccc3c3ccccc23)cc1. The monoisotopic (exact) mass is 839 g/mol. The lowest BCUT2D eigenvalue weighted by Crippen LogP contribution is -2.11. The molecule has 66 heavy (non-hydrogen) atoms. The van der Waals surface area contributed by atoms with Crippen LogP contribution < -0.4 is 4.90 Å². The molecule has 2 heteroatoms. The van der Waals surface area contributed by atoms with E-state index < -0.39 is 0 Å². The first-order valence-corrected chi connectivity index (χ1v) is 22.7. The highest BCUT2D eigenvalue weighted by atomic mass is 16.3. The van der Waals surface area contributed by atoms with Crippen molar-refractivity contribution in [1.29, 1.82) is 0 Å². The summed E-state index contributed by atoms with van der Waals surface area (Å²) in [7, 11) is 0. The molecule has 0 fully saturated rings. The molecule has 308 valence electrons. The normalized spacial score (nSPS) is 11.6. The number of rotatable bonds is 7. The largest absolute Gasteiger partial charge is 0.455 e. The molecule has 0 aliphatic rings.